The molecule has 0 bridgehead atoms. The second-order valence-electron chi connectivity index (χ2n) is 17.7. The van der Waals surface area contributed by atoms with Crippen LogP contribution in [0.3, 0.4) is 0 Å². The molecule has 1 unspecified atom stereocenters. The lowest BCUT2D eigenvalue weighted by Crippen LogP contribution is -2.49. The molecule has 9 heteroatoms. The van der Waals surface area contributed by atoms with E-state index < -0.39 is 22.7 Å². The van der Waals surface area contributed by atoms with Crippen LogP contribution in [0.4, 0.5) is 0 Å². The average molecular weight is 778 g/mol. The third-order valence-corrected chi connectivity index (χ3v) is 21.7. The van der Waals surface area contributed by atoms with Crippen molar-refractivity contribution in [3.63, 3.8) is 0 Å². The average Bonchev–Trinajstić information content (AvgIpc) is 2.99. The number of carbonyl (C=O) groups excluding carboxylic acids is 1. The van der Waals surface area contributed by atoms with E-state index in [1.165, 1.54) is 5.57 Å². The van der Waals surface area contributed by atoms with Crippen LogP contribution in [0.2, 0.25) is 36.3 Å². The Labute approximate surface area is 308 Å². The highest BCUT2D eigenvalue weighted by Crippen LogP contribution is 2.47. The van der Waals surface area contributed by atoms with Crippen LogP contribution in [0.15, 0.2) is 52.5 Å². The Hall–Kier alpha value is -1.24. The van der Waals surface area contributed by atoms with Gasteiger partial charge in [0.2, 0.25) is 0 Å². The summed E-state index contributed by atoms with van der Waals surface area (Å²) in [5.41, 5.74) is 1.24. The first-order valence-electron chi connectivity index (χ1n) is 18.7. The van der Waals surface area contributed by atoms with Crippen molar-refractivity contribution in [2.75, 3.05) is 6.61 Å². The molecule has 0 spiro atoms. The number of carbonyl (C=O) groups is 1. The van der Waals surface area contributed by atoms with Gasteiger partial charge in [0.25, 0.3) is 0 Å². The number of halogens is 1. The van der Waals surface area contributed by atoms with Crippen molar-refractivity contribution >= 4 is 38.5 Å². The number of allylic oxidation sites excluding steroid dienone is 2. The quantitative estimate of drug-likeness (QED) is 0.156. The van der Waals surface area contributed by atoms with Gasteiger partial charge < -0.3 is 23.1 Å². The topological polar surface area (TPSA) is 63.2 Å². The first kappa shape index (κ1) is 40.5. The maximum atomic E-state index is 13.9. The van der Waals surface area contributed by atoms with Crippen LogP contribution >= 0.6 is 15.9 Å². The van der Waals surface area contributed by atoms with Crippen LogP contribution in [0.5, 0.6) is 5.75 Å². The summed E-state index contributed by atoms with van der Waals surface area (Å²) < 4.78 is 33.8. The number of benzene rings is 1. The van der Waals surface area contributed by atoms with E-state index in [1.54, 1.807) is 0 Å². The molecule has 0 N–H and O–H groups in total. The molecule has 0 aromatic heterocycles. The Kier molecular flexibility index (Phi) is 13.4. The Morgan fingerprint density at radius 1 is 0.980 bits per heavy atom. The summed E-state index contributed by atoms with van der Waals surface area (Å²) in [6.07, 6.45) is 11.3. The summed E-state index contributed by atoms with van der Waals surface area (Å²) in [5, 5.41) is 0.261. The summed E-state index contributed by atoms with van der Waals surface area (Å²) >= 11 is 3.57. The fourth-order valence-corrected chi connectivity index (χ4v) is 10.0. The number of rotatable bonds is 12. The predicted octanol–water partition coefficient (Wildman–Crippen LogP) is 11.0. The predicted molar refractivity (Wildman–Crippen MR) is 209 cm³/mol. The van der Waals surface area contributed by atoms with E-state index >= 15 is 0 Å². The molecule has 0 amide bonds. The lowest BCUT2D eigenvalue weighted by molar-refractivity contribution is -0.163. The molecule has 1 heterocycles. The minimum atomic E-state index is -2.07. The van der Waals surface area contributed by atoms with Gasteiger partial charge in [0, 0.05) is 25.0 Å². The van der Waals surface area contributed by atoms with Crippen LogP contribution in [0.25, 0.3) is 0 Å². The van der Waals surface area contributed by atoms with Gasteiger partial charge in [0.15, 0.2) is 22.7 Å². The van der Waals surface area contributed by atoms with E-state index in [9.17, 15) is 4.79 Å². The van der Waals surface area contributed by atoms with Crippen LogP contribution in [0, 0.1) is 17.8 Å². The Morgan fingerprint density at radius 2 is 1.63 bits per heavy atom. The first-order valence-corrected chi connectivity index (χ1v) is 25.3. The normalized spacial score (nSPS) is 28.8. The second-order valence-corrected chi connectivity index (χ2v) is 28.1. The molecule has 3 aliphatic rings. The molecule has 1 aliphatic heterocycles. The monoisotopic (exact) mass is 776 g/mol. The number of hydrogen-bond acceptors (Lipinski definition) is 6. The fraction of sp³-hybridized carbons (Fsp3) is 0.725. The smallest absolute Gasteiger partial charge is 0.347 e. The van der Waals surface area contributed by atoms with Crippen LogP contribution in [-0.4, -0.2) is 59.7 Å². The van der Waals surface area contributed by atoms with Crippen LogP contribution in [-0.2, 0) is 23.1 Å². The molecular weight excluding hydrogens is 713 g/mol. The summed E-state index contributed by atoms with van der Waals surface area (Å²) in [6.45, 7) is 28.1. The maximum Gasteiger partial charge on any atom is 0.347 e. The highest BCUT2D eigenvalue weighted by Gasteiger charge is 2.46. The molecule has 0 saturated carbocycles. The van der Waals surface area contributed by atoms with E-state index in [4.69, 9.17) is 23.1 Å². The van der Waals surface area contributed by atoms with E-state index in [1.807, 2.05) is 31.2 Å². The van der Waals surface area contributed by atoms with Gasteiger partial charge in [-0.25, -0.2) is 4.79 Å². The molecule has 0 radical (unpaired) electrons. The molecule has 4 rings (SSSR count). The van der Waals surface area contributed by atoms with Crippen molar-refractivity contribution in [1.29, 1.82) is 0 Å². The molecule has 8 atom stereocenters. The summed E-state index contributed by atoms with van der Waals surface area (Å²) in [7, 11) is -3.93. The van der Waals surface area contributed by atoms with Crippen LogP contribution < -0.4 is 4.74 Å². The standard InChI is InChI=1S/C40H65BrO6Si2/c1-13-34(44-35-17-15-14-16-33(35)41)38(42)45-36-26-31(47-49(11,12)40(6,7)8)24-28-19-18-27(2)32(37(28)36)21-20-29-25-30(22-23-43-29)46-48(9,10)39(3,4)5/h14-19,24,27,29-32,34,36-37H,13,20-23,25-26H2,1-12H3/t27-,29+,30+,31+,32-,34?,36-,37-/m0/s1. The first-order chi connectivity index (χ1) is 22.7. The number of ether oxygens (including phenoxy) is 3. The van der Waals surface area contributed by atoms with E-state index in [0.29, 0.717) is 30.4 Å². The van der Waals surface area contributed by atoms with Crippen molar-refractivity contribution in [3.8, 4) is 5.75 Å². The number of fused-ring (bicyclic) bond motifs is 1. The molecule has 2 aliphatic carbocycles. The zero-order chi connectivity index (χ0) is 36.4. The van der Waals surface area contributed by atoms with Crippen molar-refractivity contribution in [2.45, 2.75) is 161 Å². The lowest BCUT2D eigenvalue weighted by atomic mass is 9.66. The molecule has 6 nitrogen and oxygen atoms in total. The van der Waals surface area contributed by atoms with Gasteiger partial charge >= 0.3 is 5.97 Å². The number of para-hydroxylation sites is 1. The van der Waals surface area contributed by atoms with Gasteiger partial charge in [0.1, 0.15) is 11.9 Å². The zero-order valence-electron chi connectivity index (χ0n) is 32.4. The second kappa shape index (κ2) is 16.2. The Bertz CT molecular complexity index is 1330. The largest absolute Gasteiger partial charge is 0.478 e. The van der Waals surface area contributed by atoms with E-state index in [0.717, 1.165) is 36.8 Å². The van der Waals surface area contributed by atoms with Gasteiger partial charge in [0.05, 0.1) is 16.7 Å². The molecule has 1 fully saturated rings. The highest BCUT2D eigenvalue weighted by molar-refractivity contribution is 9.10. The molecule has 1 aromatic rings. The van der Waals surface area contributed by atoms with Gasteiger partial charge in [-0.15, -0.1) is 0 Å². The van der Waals surface area contributed by atoms with Crippen molar-refractivity contribution < 1.29 is 27.9 Å². The van der Waals surface area contributed by atoms with Crippen molar-refractivity contribution in [1.82, 2.24) is 0 Å². The third kappa shape index (κ3) is 10.2. The highest BCUT2D eigenvalue weighted by atomic mass is 79.9. The van der Waals surface area contributed by atoms with Crippen LogP contribution in [0.1, 0.15) is 93.9 Å². The van der Waals surface area contributed by atoms with Crippen molar-refractivity contribution in [2.24, 2.45) is 17.8 Å². The van der Waals surface area contributed by atoms with E-state index in [2.05, 4.69) is 109 Å². The molecule has 1 saturated heterocycles. The lowest BCUT2D eigenvalue weighted by Gasteiger charge is -2.46. The molecule has 49 heavy (non-hydrogen) atoms. The van der Waals surface area contributed by atoms with Crippen molar-refractivity contribution in [3.05, 3.63) is 52.5 Å². The summed E-state index contributed by atoms with van der Waals surface area (Å²) in [4.78, 5) is 13.9. The zero-order valence-corrected chi connectivity index (χ0v) is 36.0. The Balaban J connectivity index is 1.55. The minimum absolute atomic E-state index is 0.0738. The Morgan fingerprint density at radius 3 is 2.27 bits per heavy atom. The van der Waals surface area contributed by atoms with Gasteiger partial charge in [-0.1, -0.05) is 85.8 Å². The minimum Gasteiger partial charge on any atom is -0.478 e. The summed E-state index contributed by atoms with van der Waals surface area (Å²) in [5.74, 6) is 1.09. The van der Waals surface area contributed by atoms with Gasteiger partial charge in [-0.3, -0.25) is 0 Å². The SMILES string of the molecule is CCC(Oc1ccccc1Br)C(=O)O[C@H]1C[C@H](O[Si](C)(C)C(C)(C)C)C=C2C=C[C@H](C)[C@H](CC[C@@H]3C[C@H](O[Si](C)(C)C(C)(C)C)CCO3)[C@H]21. The number of esters is 1. The van der Waals surface area contributed by atoms with Gasteiger partial charge in [-0.2, -0.15) is 0 Å². The fourth-order valence-electron chi connectivity index (χ4n) is 6.95. The molecular formula is C40H65BrO6Si2. The summed E-state index contributed by atoms with van der Waals surface area (Å²) in [6, 6.07) is 7.65. The number of hydrogen-bond donors (Lipinski definition) is 0. The molecule has 1 aromatic carbocycles. The molecule has 276 valence electrons. The van der Waals surface area contributed by atoms with Gasteiger partial charge in [-0.05, 0) is 114 Å². The maximum absolute atomic E-state index is 13.9. The van der Waals surface area contributed by atoms with E-state index in [-0.39, 0.29) is 46.4 Å². The third-order valence-electron chi connectivity index (χ3n) is 12.0.